The zero-order chi connectivity index (χ0) is 17.8. The molecule has 0 saturated carbocycles. The first kappa shape index (κ1) is 17.5. The number of nitrogens with zero attached hydrogens (tertiary/aromatic N) is 3. The lowest BCUT2D eigenvalue weighted by Crippen LogP contribution is -2.48. The Kier molecular flexibility index (Phi) is 5.43. The predicted molar refractivity (Wildman–Crippen MR) is 95.4 cm³/mol. The van der Waals surface area contributed by atoms with Crippen LogP contribution in [-0.2, 0) is 9.63 Å². The minimum absolute atomic E-state index is 0.114. The highest BCUT2D eigenvalue weighted by Crippen LogP contribution is 2.29. The number of hydrogen-bond acceptors (Lipinski definition) is 6. The van der Waals surface area contributed by atoms with Crippen LogP contribution in [0, 0.1) is 0 Å². The summed E-state index contributed by atoms with van der Waals surface area (Å²) < 4.78 is 5.92. The zero-order valence-corrected chi connectivity index (χ0v) is 14.7. The lowest BCUT2D eigenvalue weighted by molar-refractivity contribution is -0.129. The van der Waals surface area contributed by atoms with Gasteiger partial charge in [0, 0.05) is 39.1 Å². The molecule has 136 valence electrons. The molecule has 2 aliphatic heterocycles. The van der Waals surface area contributed by atoms with Crippen molar-refractivity contribution in [3.8, 4) is 5.75 Å². The Morgan fingerprint density at radius 1 is 1.32 bits per heavy atom. The minimum Gasteiger partial charge on any atom is -0.489 e. The molecule has 1 unspecified atom stereocenters. The van der Waals surface area contributed by atoms with E-state index in [1.807, 2.05) is 32.0 Å². The van der Waals surface area contributed by atoms with Crippen LogP contribution < -0.4 is 9.64 Å². The van der Waals surface area contributed by atoms with Gasteiger partial charge in [-0.25, -0.2) is 4.79 Å². The predicted octanol–water partition coefficient (Wildman–Crippen LogP) is 1.83. The molecule has 1 saturated heterocycles. The normalized spacial score (nSPS) is 21.2. The van der Waals surface area contributed by atoms with Gasteiger partial charge in [-0.1, -0.05) is 17.3 Å². The minimum atomic E-state index is -0.992. The number of benzene rings is 1. The van der Waals surface area contributed by atoms with E-state index in [-0.39, 0.29) is 17.9 Å². The van der Waals surface area contributed by atoms with Crippen LogP contribution >= 0.6 is 0 Å². The lowest BCUT2D eigenvalue weighted by atomic mass is 10.1. The standard InChI is InChI=1S/C18H25N3O4/c1-13(2)24-17-6-4-3-5-16(17)21-9-7-20(8-10-21)12-14-11-15(18(22)23)19-25-14/h3-6,13-14H,7-12H2,1-2H3,(H,22,23). The van der Waals surface area contributed by atoms with Crippen LogP contribution in [0.15, 0.2) is 29.4 Å². The van der Waals surface area contributed by atoms with E-state index in [0.29, 0.717) is 13.0 Å². The maximum absolute atomic E-state index is 10.9. The van der Waals surface area contributed by atoms with Gasteiger partial charge in [0.05, 0.1) is 11.8 Å². The molecule has 25 heavy (non-hydrogen) atoms. The summed E-state index contributed by atoms with van der Waals surface area (Å²) >= 11 is 0. The third kappa shape index (κ3) is 4.42. The molecule has 7 nitrogen and oxygen atoms in total. The van der Waals surface area contributed by atoms with Gasteiger partial charge in [0.1, 0.15) is 11.9 Å². The second-order valence-corrected chi connectivity index (χ2v) is 6.70. The van der Waals surface area contributed by atoms with E-state index in [4.69, 9.17) is 14.7 Å². The van der Waals surface area contributed by atoms with E-state index in [0.717, 1.165) is 37.6 Å². The summed E-state index contributed by atoms with van der Waals surface area (Å²) in [4.78, 5) is 20.8. The van der Waals surface area contributed by atoms with E-state index in [2.05, 4.69) is 21.0 Å². The first-order valence-electron chi connectivity index (χ1n) is 8.72. The second kappa shape index (κ2) is 7.74. The fourth-order valence-corrected chi connectivity index (χ4v) is 3.18. The summed E-state index contributed by atoms with van der Waals surface area (Å²) in [6, 6.07) is 8.14. The molecule has 7 heteroatoms. The van der Waals surface area contributed by atoms with Crippen LogP contribution in [-0.4, -0.2) is 66.6 Å². The molecule has 1 atom stereocenters. The Bertz CT molecular complexity index is 639. The summed E-state index contributed by atoms with van der Waals surface area (Å²) in [7, 11) is 0. The highest BCUT2D eigenvalue weighted by atomic mass is 16.6. The van der Waals surface area contributed by atoms with E-state index < -0.39 is 5.97 Å². The maximum atomic E-state index is 10.9. The zero-order valence-electron chi connectivity index (χ0n) is 14.7. The molecule has 1 aromatic carbocycles. The highest BCUT2D eigenvalue weighted by Gasteiger charge is 2.29. The van der Waals surface area contributed by atoms with Crippen molar-refractivity contribution >= 4 is 17.4 Å². The van der Waals surface area contributed by atoms with Gasteiger partial charge in [-0.3, -0.25) is 4.90 Å². The molecular formula is C18H25N3O4. The Hall–Kier alpha value is -2.28. The number of carboxylic acids is 1. The summed E-state index contributed by atoms with van der Waals surface area (Å²) in [5.41, 5.74) is 1.24. The Morgan fingerprint density at radius 2 is 2.04 bits per heavy atom. The van der Waals surface area contributed by atoms with Crippen molar-refractivity contribution in [2.75, 3.05) is 37.6 Å². The molecule has 0 amide bonds. The van der Waals surface area contributed by atoms with Crippen molar-refractivity contribution in [2.45, 2.75) is 32.5 Å². The number of hydrogen-bond donors (Lipinski definition) is 1. The monoisotopic (exact) mass is 347 g/mol. The SMILES string of the molecule is CC(C)Oc1ccccc1N1CCN(CC2CC(C(=O)O)=NO2)CC1. The molecule has 0 radical (unpaired) electrons. The second-order valence-electron chi connectivity index (χ2n) is 6.70. The average Bonchev–Trinajstić information content (AvgIpc) is 3.04. The van der Waals surface area contributed by atoms with Crippen molar-refractivity contribution < 1.29 is 19.5 Å². The van der Waals surface area contributed by atoms with Crippen molar-refractivity contribution in [1.82, 2.24) is 4.90 Å². The number of aliphatic carboxylic acids is 1. The summed E-state index contributed by atoms with van der Waals surface area (Å²) in [6.45, 7) is 8.37. The third-order valence-electron chi connectivity index (χ3n) is 4.38. The van der Waals surface area contributed by atoms with Crippen LogP contribution in [0.3, 0.4) is 0 Å². The number of anilines is 1. The van der Waals surface area contributed by atoms with Gasteiger partial charge in [-0.2, -0.15) is 0 Å². The molecule has 1 aromatic rings. The van der Waals surface area contributed by atoms with E-state index in [1.165, 1.54) is 0 Å². The molecule has 0 spiro atoms. The maximum Gasteiger partial charge on any atom is 0.353 e. The van der Waals surface area contributed by atoms with Gasteiger partial charge in [-0.15, -0.1) is 0 Å². The van der Waals surface area contributed by atoms with Gasteiger partial charge in [0.15, 0.2) is 5.71 Å². The molecule has 2 aliphatic rings. The average molecular weight is 347 g/mol. The van der Waals surface area contributed by atoms with Crippen molar-refractivity contribution in [3.05, 3.63) is 24.3 Å². The first-order valence-corrected chi connectivity index (χ1v) is 8.72. The number of carboxylic acid groups (broad SMARTS) is 1. The highest BCUT2D eigenvalue weighted by molar-refractivity contribution is 6.35. The van der Waals surface area contributed by atoms with E-state index >= 15 is 0 Å². The van der Waals surface area contributed by atoms with Gasteiger partial charge in [-0.05, 0) is 26.0 Å². The van der Waals surface area contributed by atoms with Crippen LogP contribution in [0.4, 0.5) is 5.69 Å². The van der Waals surface area contributed by atoms with Gasteiger partial charge in [0.25, 0.3) is 0 Å². The Labute approximate surface area is 147 Å². The molecule has 2 heterocycles. The van der Waals surface area contributed by atoms with Crippen LogP contribution in [0.1, 0.15) is 20.3 Å². The van der Waals surface area contributed by atoms with Crippen LogP contribution in [0.2, 0.25) is 0 Å². The van der Waals surface area contributed by atoms with Crippen LogP contribution in [0.5, 0.6) is 5.75 Å². The van der Waals surface area contributed by atoms with Crippen molar-refractivity contribution in [2.24, 2.45) is 5.16 Å². The summed E-state index contributed by atoms with van der Waals surface area (Å²) in [5.74, 6) is -0.0707. The number of ether oxygens (including phenoxy) is 1. The fourth-order valence-electron chi connectivity index (χ4n) is 3.18. The number of piperazine rings is 1. The van der Waals surface area contributed by atoms with Gasteiger partial charge >= 0.3 is 5.97 Å². The van der Waals surface area contributed by atoms with Crippen molar-refractivity contribution in [1.29, 1.82) is 0 Å². The topological polar surface area (TPSA) is 74.6 Å². The lowest BCUT2D eigenvalue weighted by Gasteiger charge is -2.37. The molecule has 0 aromatic heterocycles. The molecule has 0 aliphatic carbocycles. The van der Waals surface area contributed by atoms with E-state index in [9.17, 15) is 4.79 Å². The Morgan fingerprint density at radius 3 is 2.68 bits per heavy atom. The van der Waals surface area contributed by atoms with Crippen LogP contribution in [0.25, 0.3) is 0 Å². The first-order chi connectivity index (χ1) is 12.0. The van der Waals surface area contributed by atoms with Crippen molar-refractivity contribution in [3.63, 3.8) is 0 Å². The Balaban J connectivity index is 1.52. The third-order valence-corrected chi connectivity index (χ3v) is 4.38. The summed E-state index contributed by atoms with van der Waals surface area (Å²) in [6.07, 6.45) is 0.361. The smallest absolute Gasteiger partial charge is 0.353 e. The number of para-hydroxylation sites is 2. The molecule has 3 rings (SSSR count). The fraction of sp³-hybridized carbons (Fsp3) is 0.556. The largest absolute Gasteiger partial charge is 0.489 e. The number of oxime groups is 1. The molecule has 0 bridgehead atoms. The quantitative estimate of drug-likeness (QED) is 0.846. The van der Waals surface area contributed by atoms with Gasteiger partial charge < -0.3 is 19.6 Å². The number of rotatable bonds is 6. The summed E-state index contributed by atoms with van der Waals surface area (Å²) in [5, 5.41) is 12.6. The van der Waals surface area contributed by atoms with E-state index in [1.54, 1.807) is 0 Å². The molecular weight excluding hydrogens is 322 g/mol. The number of carbonyl (C=O) groups is 1. The molecule has 1 fully saturated rings. The van der Waals surface area contributed by atoms with Gasteiger partial charge in [0.2, 0.25) is 0 Å². The molecule has 1 N–H and O–H groups in total.